The number of rotatable bonds is 4. The summed E-state index contributed by atoms with van der Waals surface area (Å²) in [5.74, 6) is 1.25. The first-order valence-electron chi connectivity index (χ1n) is 5.24. The van der Waals surface area contributed by atoms with Crippen molar-refractivity contribution in [2.75, 3.05) is 12.3 Å². The van der Waals surface area contributed by atoms with Crippen molar-refractivity contribution in [2.24, 2.45) is 5.73 Å². The van der Waals surface area contributed by atoms with E-state index in [-0.39, 0.29) is 5.54 Å². The molecule has 0 spiro atoms. The molecule has 1 rings (SSSR count). The molecule has 3 unspecified atom stereocenters. The predicted molar refractivity (Wildman–Crippen MR) is 61.2 cm³/mol. The lowest BCUT2D eigenvalue weighted by Crippen LogP contribution is -2.57. The van der Waals surface area contributed by atoms with Crippen molar-refractivity contribution >= 4 is 11.8 Å². The molecule has 0 bridgehead atoms. The van der Waals surface area contributed by atoms with Crippen LogP contribution in [0.4, 0.5) is 0 Å². The van der Waals surface area contributed by atoms with Crippen molar-refractivity contribution in [3.8, 4) is 0 Å². The molecule has 3 atom stereocenters. The molecule has 0 amide bonds. The molecule has 13 heavy (non-hydrogen) atoms. The zero-order valence-electron chi connectivity index (χ0n) is 8.97. The van der Waals surface area contributed by atoms with E-state index in [0.29, 0.717) is 11.3 Å². The fourth-order valence-corrected chi connectivity index (χ4v) is 3.33. The highest BCUT2D eigenvalue weighted by Gasteiger charge is 2.39. The van der Waals surface area contributed by atoms with Crippen LogP contribution in [0.1, 0.15) is 33.6 Å². The van der Waals surface area contributed by atoms with E-state index < -0.39 is 0 Å². The molecule has 0 aliphatic carbocycles. The van der Waals surface area contributed by atoms with Gasteiger partial charge in [0.2, 0.25) is 0 Å². The van der Waals surface area contributed by atoms with Gasteiger partial charge in [-0.2, -0.15) is 11.8 Å². The molecule has 3 heteroatoms. The van der Waals surface area contributed by atoms with Crippen LogP contribution in [-0.4, -0.2) is 29.1 Å². The van der Waals surface area contributed by atoms with Crippen LogP contribution in [0.15, 0.2) is 0 Å². The SMILES string of the molecule is CCC(C)NC1(CN)CCSC1C. The molecule has 0 aromatic carbocycles. The maximum atomic E-state index is 5.89. The lowest BCUT2D eigenvalue weighted by Gasteiger charge is -2.35. The van der Waals surface area contributed by atoms with Crippen molar-refractivity contribution in [1.29, 1.82) is 0 Å². The second-order valence-electron chi connectivity index (χ2n) is 4.08. The predicted octanol–water partition coefficient (Wildman–Crippen LogP) is 1.60. The first kappa shape index (κ1) is 11.3. The Bertz CT molecular complexity index is 163. The van der Waals surface area contributed by atoms with E-state index in [9.17, 15) is 0 Å². The van der Waals surface area contributed by atoms with Crippen molar-refractivity contribution in [1.82, 2.24) is 5.32 Å². The van der Waals surface area contributed by atoms with E-state index in [2.05, 4.69) is 26.1 Å². The number of thioether (sulfide) groups is 1. The molecule has 78 valence electrons. The first-order valence-corrected chi connectivity index (χ1v) is 6.29. The van der Waals surface area contributed by atoms with Gasteiger partial charge in [-0.1, -0.05) is 13.8 Å². The second-order valence-corrected chi connectivity index (χ2v) is 5.53. The molecule has 1 heterocycles. The summed E-state index contributed by atoms with van der Waals surface area (Å²) in [6.07, 6.45) is 2.40. The lowest BCUT2D eigenvalue weighted by molar-refractivity contribution is 0.295. The van der Waals surface area contributed by atoms with Gasteiger partial charge in [-0.25, -0.2) is 0 Å². The third-order valence-corrected chi connectivity index (χ3v) is 4.60. The van der Waals surface area contributed by atoms with Gasteiger partial charge in [0.25, 0.3) is 0 Å². The van der Waals surface area contributed by atoms with Crippen molar-refractivity contribution in [3.63, 3.8) is 0 Å². The highest BCUT2D eigenvalue weighted by atomic mass is 32.2. The Morgan fingerprint density at radius 3 is 2.77 bits per heavy atom. The molecule has 0 aromatic rings. The van der Waals surface area contributed by atoms with E-state index in [1.807, 2.05) is 11.8 Å². The standard InChI is InChI=1S/C10H22N2S/c1-4-8(2)12-10(7-11)5-6-13-9(10)3/h8-9,12H,4-7,11H2,1-3H3. The van der Waals surface area contributed by atoms with Gasteiger partial charge in [0.15, 0.2) is 0 Å². The minimum absolute atomic E-state index is 0.208. The normalized spacial score (nSPS) is 36.5. The van der Waals surface area contributed by atoms with Gasteiger partial charge in [-0.3, -0.25) is 0 Å². The summed E-state index contributed by atoms with van der Waals surface area (Å²) in [5.41, 5.74) is 6.09. The molecule has 1 saturated heterocycles. The Hall–Kier alpha value is 0.270. The molecule has 0 aromatic heterocycles. The zero-order chi connectivity index (χ0) is 9.90. The Morgan fingerprint density at radius 2 is 2.38 bits per heavy atom. The van der Waals surface area contributed by atoms with Crippen LogP contribution in [-0.2, 0) is 0 Å². The fraction of sp³-hybridized carbons (Fsp3) is 1.00. The first-order chi connectivity index (χ1) is 6.14. The summed E-state index contributed by atoms with van der Waals surface area (Å²) >= 11 is 2.04. The second kappa shape index (κ2) is 4.67. The highest BCUT2D eigenvalue weighted by Crippen LogP contribution is 2.35. The molecule has 1 aliphatic rings. The molecular weight excluding hydrogens is 180 g/mol. The number of hydrogen-bond donors (Lipinski definition) is 2. The Balaban J connectivity index is 2.58. The fourth-order valence-electron chi connectivity index (χ4n) is 1.89. The van der Waals surface area contributed by atoms with Gasteiger partial charge in [-0.05, 0) is 25.5 Å². The molecule has 0 saturated carbocycles. The van der Waals surface area contributed by atoms with Crippen LogP contribution >= 0.6 is 11.8 Å². The summed E-state index contributed by atoms with van der Waals surface area (Å²) in [7, 11) is 0. The minimum Gasteiger partial charge on any atom is -0.329 e. The van der Waals surface area contributed by atoms with Crippen molar-refractivity contribution in [2.45, 2.75) is 50.4 Å². The molecule has 3 N–H and O–H groups in total. The number of hydrogen-bond acceptors (Lipinski definition) is 3. The molecule has 0 radical (unpaired) electrons. The van der Waals surface area contributed by atoms with Crippen LogP contribution in [0, 0.1) is 0 Å². The Morgan fingerprint density at radius 1 is 1.69 bits per heavy atom. The van der Waals surface area contributed by atoms with Gasteiger partial charge >= 0.3 is 0 Å². The summed E-state index contributed by atoms with van der Waals surface area (Å²) in [4.78, 5) is 0. The van der Waals surface area contributed by atoms with Gasteiger partial charge < -0.3 is 11.1 Å². The Kier molecular flexibility index (Phi) is 4.07. The van der Waals surface area contributed by atoms with Gasteiger partial charge in [0, 0.05) is 23.4 Å². The summed E-state index contributed by atoms with van der Waals surface area (Å²) in [6.45, 7) is 7.52. The quantitative estimate of drug-likeness (QED) is 0.727. The average Bonchev–Trinajstić information content (AvgIpc) is 2.48. The molecular formula is C10H22N2S. The zero-order valence-corrected chi connectivity index (χ0v) is 9.79. The number of nitrogens with one attached hydrogen (secondary N) is 1. The lowest BCUT2D eigenvalue weighted by atomic mass is 9.91. The third kappa shape index (κ3) is 2.39. The van der Waals surface area contributed by atoms with E-state index in [1.54, 1.807) is 0 Å². The van der Waals surface area contributed by atoms with E-state index in [0.717, 1.165) is 6.54 Å². The monoisotopic (exact) mass is 202 g/mol. The van der Waals surface area contributed by atoms with E-state index in [4.69, 9.17) is 5.73 Å². The smallest absolute Gasteiger partial charge is 0.0431 e. The minimum atomic E-state index is 0.208. The molecule has 2 nitrogen and oxygen atoms in total. The maximum Gasteiger partial charge on any atom is 0.0431 e. The summed E-state index contributed by atoms with van der Waals surface area (Å²) in [6, 6.07) is 0.588. The van der Waals surface area contributed by atoms with Gasteiger partial charge in [0.1, 0.15) is 0 Å². The van der Waals surface area contributed by atoms with Crippen molar-refractivity contribution < 1.29 is 0 Å². The van der Waals surface area contributed by atoms with Gasteiger partial charge in [-0.15, -0.1) is 0 Å². The van der Waals surface area contributed by atoms with Crippen LogP contribution < -0.4 is 11.1 Å². The van der Waals surface area contributed by atoms with Crippen LogP contribution in [0.5, 0.6) is 0 Å². The topological polar surface area (TPSA) is 38.0 Å². The third-order valence-electron chi connectivity index (χ3n) is 3.20. The van der Waals surface area contributed by atoms with Crippen LogP contribution in [0.25, 0.3) is 0 Å². The van der Waals surface area contributed by atoms with Crippen LogP contribution in [0.3, 0.4) is 0 Å². The highest BCUT2D eigenvalue weighted by molar-refractivity contribution is 8.00. The van der Waals surface area contributed by atoms with Crippen molar-refractivity contribution in [3.05, 3.63) is 0 Å². The molecule has 1 fully saturated rings. The van der Waals surface area contributed by atoms with E-state index >= 15 is 0 Å². The largest absolute Gasteiger partial charge is 0.329 e. The summed E-state index contributed by atoms with van der Waals surface area (Å²) in [5, 5.41) is 4.35. The van der Waals surface area contributed by atoms with Crippen LogP contribution in [0.2, 0.25) is 0 Å². The number of nitrogens with two attached hydrogens (primary N) is 1. The Labute approximate surface area is 86.0 Å². The van der Waals surface area contributed by atoms with Gasteiger partial charge in [0.05, 0.1) is 0 Å². The maximum absolute atomic E-state index is 5.89. The molecule has 1 aliphatic heterocycles. The summed E-state index contributed by atoms with van der Waals surface area (Å²) < 4.78 is 0. The van der Waals surface area contributed by atoms with E-state index in [1.165, 1.54) is 18.6 Å². The average molecular weight is 202 g/mol.